The lowest BCUT2D eigenvalue weighted by Crippen LogP contribution is -2.34. The number of aliphatic hydroxyl groups is 1. The Morgan fingerprint density at radius 3 is 2.82 bits per heavy atom. The molecule has 0 bridgehead atoms. The third kappa shape index (κ3) is 2.31. The van der Waals surface area contributed by atoms with E-state index in [0.29, 0.717) is 30.1 Å². The maximum atomic E-state index is 10.0. The van der Waals surface area contributed by atoms with Crippen LogP contribution in [0.1, 0.15) is 38.9 Å². The average molecular weight is 238 g/mol. The Balaban J connectivity index is 2.43. The van der Waals surface area contributed by atoms with Crippen LogP contribution < -0.4 is 9.47 Å². The van der Waals surface area contributed by atoms with Crippen molar-refractivity contribution in [3.8, 4) is 17.2 Å². The van der Waals surface area contributed by atoms with Gasteiger partial charge in [0.1, 0.15) is 11.4 Å². The Kier molecular flexibility index (Phi) is 2.91. The lowest BCUT2D eigenvalue weighted by atomic mass is 9.91. The molecule has 0 amide bonds. The number of rotatable bonds is 2. The number of hydrogen-bond donors (Lipinski definition) is 2. The van der Waals surface area contributed by atoms with Gasteiger partial charge in [0.2, 0.25) is 0 Å². The third-order valence-corrected chi connectivity index (χ3v) is 2.82. The van der Waals surface area contributed by atoms with Crippen molar-refractivity contribution < 1.29 is 19.7 Å². The summed E-state index contributed by atoms with van der Waals surface area (Å²) in [4.78, 5) is 0. The molecule has 1 unspecified atom stereocenters. The zero-order chi connectivity index (χ0) is 12.6. The summed E-state index contributed by atoms with van der Waals surface area (Å²) in [5.74, 6) is 0.999. The van der Waals surface area contributed by atoms with Crippen LogP contribution in [0.5, 0.6) is 17.2 Å². The smallest absolute Gasteiger partial charge is 0.164 e. The first-order chi connectivity index (χ1) is 7.93. The molecule has 0 fully saturated rings. The van der Waals surface area contributed by atoms with Crippen molar-refractivity contribution in [2.24, 2.45) is 0 Å². The van der Waals surface area contributed by atoms with Gasteiger partial charge in [-0.25, -0.2) is 0 Å². The van der Waals surface area contributed by atoms with E-state index in [0.717, 1.165) is 0 Å². The molecule has 0 saturated carbocycles. The van der Waals surface area contributed by atoms with Crippen LogP contribution in [0.2, 0.25) is 0 Å². The fraction of sp³-hybridized carbons (Fsp3) is 0.538. The van der Waals surface area contributed by atoms with Gasteiger partial charge in [-0.3, -0.25) is 0 Å². The minimum absolute atomic E-state index is 0.0351. The normalized spacial score (nSPS) is 21.5. The molecule has 4 nitrogen and oxygen atoms in total. The number of aliphatic hydroxyl groups excluding tert-OH is 1. The van der Waals surface area contributed by atoms with E-state index >= 15 is 0 Å². The van der Waals surface area contributed by atoms with E-state index in [1.165, 1.54) is 6.07 Å². The monoisotopic (exact) mass is 238 g/mol. The topological polar surface area (TPSA) is 58.9 Å². The molecule has 94 valence electrons. The molecule has 1 aliphatic rings. The lowest BCUT2D eigenvalue weighted by molar-refractivity contribution is 0.0111. The SMILES string of the molecule is CCOc1cc2c(cc1O)C(O)CC(C)(C)O2. The zero-order valence-corrected chi connectivity index (χ0v) is 10.4. The summed E-state index contributed by atoms with van der Waals surface area (Å²) in [7, 11) is 0. The van der Waals surface area contributed by atoms with Crippen molar-refractivity contribution >= 4 is 0 Å². The van der Waals surface area contributed by atoms with Gasteiger partial charge in [-0.05, 0) is 26.8 Å². The van der Waals surface area contributed by atoms with E-state index in [4.69, 9.17) is 9.47 Å². The van der Waals surface area contributed by atoms with Crippen molar-refractivity contribution in [2.45, 2.75) is 38.9 Å². The number of aromatic hydroxyl groups is 1. The van der Waals surface area contributed by atoms with E-state index in [2.05, 4.69) is 0 Å². The molecule has 1 aliphatic heterocycles. The number of phenols is 1. The van der Waals surface area contributed by atoms with E-state index in [1.54, 1.807) is 6.07 Å². The highest BCUT2D eigenvalue weighted by molar-refractivity contribution is 5.51. The number of phenolic OH excluding ortho intramolecular Hbond substituents is 1. The Bertz CT molecular complexity index is 426. The predicted octanol–water partition coefficient (Wildman–Crippen LogP) is 2.39. The van der Waals surface area contributed by atoms with Gasteiger partial charge in [-0.2, -0.15) is 0 Å². The van der Waals surface area contributed by atoms with Gasteiger partial charge >= 0.3 is 0 Å². The van der Waals surface area contributed by atoms with Gasteiger partial charge in [0.05, 0.1) is 12.7 Å². The molecule has 1 aromatic rings. The summed E-state index contributed by atoms with van der Waals surface area (Å²) in [5, 5.41) is 19.8. The second kappa shape index (κ2) is 4.11. The van der Waals surface area contributed by atoms with E-state index in [9.17, 15) is 10.2 Å². The first kappa shape index (κ1) is 12.0. The Hall–Kier alpha value is -1.42. The fourth-order valence-electron chi connectivity index (χ4n) is 2.10. The molecule has 0 radical (unpaired) electrons. The van der Waals surface area contributed by atoms with Gasteiger partial charge in [0, 0.05) is 18.1 Å². The molecular formula is C13H18O4. The maximum absolute atomic E-state index is 10.0. The molecule has 1 heterocycles. The minimum atomic E-state index is -0.615. The summed E-state index contributed by atoms with van der Waals surface area (Å²) < 4.78 is 11.1. The average Bonchev–Trinajstić information content (AvgIpc) is 2.20. The van der Waals surface area contributed by atoms with Crippen LogP contribution in [0.15, 0.2) is 12.1 Å². The fourth-order valence-corrected chi connectivity index (χ4v) is 2.10. The highest BCUT2D eigenvalue weighted by atomic mass is 16.5. The van der Waals surface area contributed by atoms with Crippen molar-refractivity contribution in [3.63, 3.8) is 0 Å². The van der Waals surface area contributed by atoms with Crippen molar-refractivity contribution in [2.75, 3.05) is 6.61 Å². The van der Waals surface area contributed by atoms with Crippen molar-refractivity contribution in [1.29, 1.82) is 0 Å². The van der Waals surface area contributed by atoms with Gasteiger partial charge in [-0.1, -0.05) is 0 Å². The van der Waals surface area contributed by atoms with Crippen LogP contribution in [-0.2, 0) is 0 Å². The summed E-state index contributed by atoms with van der Waals surface area (Å²) in [5.41, 5.74) is 0.206. The molecule has 0 spiro atoms. The molecule has 0 saturated heterocycles. The zero-order valence-electron chi connectivity index (χ0n) is 10.4. The maximum Gasteiger partial charge on any atom is 0.164 e. The van der Waals surface area contributed by atoms with Crippen LogP contribution in [0.25, 0.3) is 0 Å². The molecule has 17 heavy (non-hydrogen) atoms. The molecule has 0 aliphatic carbocycles. The minimum Gasteiger partial charge on any atom is -0.504 e. The largest absolute Gasteiger partial charge is 0.504 e. The van der Waals surface area contributed by atoms with E-state index < -0.39 is 11.7 Å². The Labute approximate surface area is 101 Å². The van der Waals surface area contributed by atoms with Crippen LogP contribution in [-0.4, -0.2) is 22.4 Å². The Morgan fingerprint density at radius 1 is 1.47 bits per heavy atom. The highest BCUT2D eigenvalue weighted by Gasteiger charge is 2.33. The van der Waals surface area contributed by atoms with Gasteiger partial charge < -0.3 is 19.7 Å². The van der Waals surface area contributed by atoms with Gasteiger partial charge in [0.25, 0.3) is 0 Å². The lowest BCUT2D eigenvalue weighted by Gasteiger charge is -2.35. The molecule has 1 aromatic carbocycles. The van der Waals surface area contributed by atoms with E-state index in [1.807, 2.05) is 20.8 Å². The summed E-state index contributed by atoms with van der Waals surface area (Å²) in [6.07, 6.45) is -0.108. The van der Waals surface area contributed by atoms with Crippen molar-refractivity contribution in [1.82, 2.24) is 0 Å². The number of ether oxygens (including phenoxy) is 2. The first-order valence-electron chi connectivity index (χ1n) is 5.80. The predicted molar refractivity (Wildman–Crippen MR) is 63.6 cm³/mol. The van der Waals surface area contributed by atoms with Crippen LogP contribution in [0.3, 0.4) is 0 Å². The molecule has 1 atom stereocenters. The van der Waals surface area contributed by atoms with Crippen molar-refractivity contribution in [3.05, 3.63) is 17.7 Å². The molecule has 0 aromatic heterocycles. The van der Waals surface area contributed by atoms with Gasteiger partial charge in [0.15, 0.2) is 11.5 Å². The second-order valence-electron chi connectivity index (χ2n) is 4.87. The van der Waals surface area contributed by atoms with Crippen LogP contribution in [0, 0.1) is 0 Å². The standard InChI is InChI=1S/C13H18O4/c1-4-16-12-6-11-8(5-9(12)14)10(15)7-13(2,3)17-11/h5-6,10,14-15H,4,7H2,1-3H3. The summed E-state index contributed by atoms with van der Waals surface area (Å²) in [6, 6.07) is 3.15. The third-order valence-electron chi connectivity index (χ3n) is 2.82. The highest BCUT2D eigenvalue weighted by Crippen LogP contribution is 2.44. The van der Waals surface area contributed by atoms with Crippen LogP contribution in [0.4, 0.5) is 0 Å². The quantitative estimate of drug-likeness (QED) is 0.830. The first-order valence-corrected chi connectivity index (χ1v) is 5.80. The molecule has 2 N–H and O–H groups in total. The number of hydrogen-bond acceptors (Lipinski definition) is 4. The molecule has 4 heteroatoms. The molecular weight excluding hydrogens is 220 g/mol. The van der Waals surface area contributed by atoms with Crippen LogP contribution >= 0.6 is 0 Å². The molecule has 2 rings (SSSR count). The Morgan fingerprint density at radius 2 is 2.18 bits per heavy atom. The second-order valence-corrected chi connectivity index (χ2v) is 4.87. The number of benzene rings is 1. The van der Waals surface area contributed by atoms with Gasteiger partial charge in [-0.15, -0.1) is 0 Å². The summed E-state index contributed by atoms with van der Waals surface area (Å²) in [6.45, 7) is 6.16. The summed E-state index contributed by atoms with van der Waals surface area (Å²) >= 11 is 0. The number of fused-ring (bicyclic) bond motifs is 1. The van der Waals surface area contributed by atoms with E-state index in [-0.39, 0.29) is 5.75 Å².